The Morgan fingerprint density at radius 1 is 0.535 bits per heavy atom. The van der Waals surface area contributed by atoms with Crippen molar-refractivity contribution in [3.05, 3.63) is 84.9 Å². The zero-order valence-electron chi connectivity index (χ0n) is 25.0. The van der Waals surface area contributed by atoms with Gasteiger partial charge in [-0.2, -0.15) is 0 Å². The van der Waals surface area contributed by atoms with Gasteiger partial charge in [0.05, 0.1) is 0 Å². The fraction of sp³-hybridized carbons (Fsp3) is 0.500. The van der Waals surface area contributed by atoms with Gasteiger partial charge in [-0.1, -0.05) is 40.0 Å². The van der Waals surface area contributed by atoms with Crippen LogP contribution < -0.4 is 16.3 Å². The first-order chi connectivity index (χ1) is 20.2. The van der Waals surface area contributed by atoms with Gasteiger partial charge in [-0.05, 0) is 19.3 Å². The molecule has 12 nitrogen and oxygen atoms in total. The Morgan fingerprint density at radius 3 is 1.00 bits per heavy atom. The molecule has 3 aromatic heterocycles. The summed E-state index contributed by atoms with van der Waals surface area (Å²) in [5.74, 6) is 0.184. The molecule has 0 unspecified atom stereocenters. The number of hydrogen-bond acceptors (Lipinski definition) is 12. The molecule has 0 aromatic carbocycles. The topological polar surface area (TPSA) is 179 Å². The summed E-state index contributed by atoms with van der Waals surface area (Å²) < 4.78 is 30.6. The first-order valence-electron chi connectivity index (χ1n) is 13.9. The Hall–Kier alpha value is -3.23. The van der Waals surface area contributed by atoms with Crippen LogP contribution in [0.25, 0.3) is 0 Å². The number of ether oxygens (including phenoxy) is 3. The molecule has 0 saturated heterocycles. The van der Waals surface area contributed by atoms with Gasteiger partial charge in [0.2, 0.25) is 16.3 Å². The van der Waals surface area contributed by atoms with Gasteiger partial charge in [-0.25, -0.2) is 0 Å². The van der Waals surface area contributed by atoms with E-state index in [1.165, 1.54) is 18.2 Å². The third kappa shape index (κ3) is 18.1. The van der Waals surface area contributed by atoms with Crippen LogP contribution in [0.2, 0.25) is 0 Å². The van der Waals surface area contributed by atoms with Gasteiger partial charge in [-0.3, -0.25) is 14.4 Å². The van der Waals surface area contributed by atoms with E-state index in [-0.39, 0.29) is 56.9 Å². The Balaban J connectivity index is 0.000000608. The minimum atomic E-state index is -0.439. The third-order valence-corrected chi connectivity index (χ3v) is 5.26. The molecular weight excluding hydrogens is 622 g/mol. The summed E-state index contributed by atoms with van der Waals surface area (Å²) in [6.45, 7) is 9.00. The monoisotopic (exact) mass is 663 g/mol. The summed E-state index contributed by atoms with van der Waals surface area (Å²) in [4.78, 5) is 32.9. The molecule has 3 heterocycles. The maximum atomic E-state index is 11.0. The molecule has 3 N–H and O–H groups in total. The van der Waals surface area contributed by atoms with Crippen molar-refractivity contribution in [1.82, 2.24) is 0 Å². The van der Waals surface area contributed by atoms with Crippen LogP contribution in [0.15, 0.2) is 64.6 Å². The Morgan fingerprint density at radius 2 is 0.791 bits per heavy atom. The molecular formula is C30H42GaO12. The molecule has 0 atom stereocenters. The van der Waals surface area contributed by atoms with Gasteiger partial charge < -0.3 is 42.8 Å². The van der Waals surface area contributed by atoms with E-state index in [4.69, 9.17) is 42.8 Å². The van der Waals surface area contributed by atoms with E-state index < -0.39 is 16.3 Å². The zero-order valence-corrected chi connectivity index (χ0v) is 27.5. The summed E-state index contributed by atoms with van der Waals surface area (Å²) in [7, 11) is 0. The van der Waals surface area contributed by atoms with Crippen molar-refractivity contribution in [3.63, 3.8) is 0 Å². The first kappa shape index (κ1) is 39.8. The summed E-state index contributed by atoms with van der Waals surface area (Å²) in [6.07, 6.45) is 9.26. The van der Waals surface area contributed by atoms with Crippen molar-refractivity contribution in [2.45, 2.75) is 79.1 Å². The molecule has 3 radical (unpaired) electrons. The molecule has 0 bridgehead atoms. The predicted octanol–water partition coefficient (Wildman–Crippen LogP) is 4.61. The summed E-state index contributed by atoms with van der Waals surface area (Å²) in [5, 5.41) is 26.7. The maximum absolute atomic E-state index is 11.0. The molecule has 3 aromatic rings. The predicted molar refractivity (Wildman–Crippen MR) is 159 cm³/mol. The van der Waals surface area contributed by atoms with E-state index >= 15 is 0 Å². The minimum Gasteiger partial charge on any atom is -0.502 e. The van der Waals surface area contributed by atoms with Crippen LogP contribution in [-0.2, 0) is 34.0 Å². The molecule has 0 fully saturated rings. The fourth-order valence-corrected chi connectivity index (χ4v) is 2.82. The Kier molecular flexibility index (Phi) is 22.4. The van der Waals surface area contributed by atoms with Crippen molar-refractivity contribution in [3.8, 4) is 17.2 Å². The zero-order chi connectivity index (χ0) is 31.2. The van der Waals surface area contributed by atoms with E-state index in [2.05, 4.69) is 20.8 Å². The number of aromatic hydroxyl groups is 3. The van der Waals surface area contributed by atoms with Crippen LogP contribution in [0.5, 0.6) is 17.2 Å². The molecule has 0 aliphatic heterocycles. The van der Waals surface area contributed by atoms with Gasteiger partial charge >= 0.3 is 0 Å². The second-order valence-electron chi connectivity index (χ2n) is 9.01. The van der Waals surface area contributed by atoms with E-state index in [0.29, 0.717) is 37.1 Å². The molecule has 13 heteroatoms. The van der Waals surface area contributed by atoms with Gasteiger partial charge in [0.1, 0.15) is 55.9 Å². The average molecular weight is 664 g/mol. The van der Waals surface area contributed by atoms with Crippen molar-refractivity contribution >= 4 is 19.8 Å². The molecule has 0 saturated carbocycles. The third-order valence-electron chi connectivity index (χ3n) is 5.26. The van der Waals surface area contributed by atoms with Crippen LogP contribution in [0.1, 0.15) is 76.6 Å². The Labute approximate surface area is 263 Å². The molecule has 237 valence electrons. The second kappa shape index (κ2) is 24.2. The maximum Gasteiger partial charge on any atom is 0.226 e. The van der Waals surface area contributed by atoms with E-state index in [9.17, 15) is 14.4 Å². The second-order valence-corrected chi connectivity index (χ2v) is 9.01. The van der Waals surface area contributed by atoms with Crippen molar-refractivity contribution in [1.29, 1.82) is 0 Å². The molecule has 0 amide bonds. The molecule has 3 rings (SSSR count). The van der Waals surface area contributed by atoms with Gasteiger partial charge in [0, 0.05) is 57.8 Å². The van der Waals surface area contributed by atoms with Crippen LogP contribution >= 0.6 is 0 Å². The van der Waals surface area contributed by atoms with Gasteiger partial charge in [-0.15, -0.1) is 0 Å². The van der Waals surface area contributed by atoms with E-state index in [0.717, 1.165) is 57.3 Å². The van der Waals surface area contributed by atoms with E-state index in [1.807, 2.05) is 0 Å². The summed E-state index contributed by atoms with van der Waals surface area (Å²) in [6, 6.07) is 3.71. The Bertz CT molecular complexity index is 1150. The first-order valence-corrected chi connectivity index (χ1v) is 13.9. The fourth-order valence-electron chi connectivity index (χ4n) is 2.82. The van der Waals surface area contributed by atoms with Crippen LogP contribution in [0.3, 0.4) is 0 Å². The largest absolute Gasteiger partial charge is 0.502 e. The van der Waals surface area contributed by atoms with Crippen molar-refractivity contribution in [2.75, 3.05) is 19.8 Å². The average Bonchev–Trinajstić information content (AvgIpc) is 2.98. The quantitative estimate of drug-likeness (QED) is 0.152. The summed E-state index contributed by atoms with van der Waals surface area (Å²) in [5.41, 5.74) is -1.32. The van der Waals surface area contributed by atoms with Crippen LogP contribution in [0, 0.1) is 0 Å². The standard InChI is InChI=1S/3C10H14O4.Ga/c3*1-2-3-4-13-6-8-5-9(11)10(12)7-14-8;/h3*5,7,12H,2-4,6H2,1H3;. The molecule has 0 aliphatic carbocycles. The molecule has 43 heavy (non-hydrogen) atoms. The van der Waals surface area contributed by atoms with Crippen molar-refractivity contribution < 1.29 is 42.8 Å². The summed E-state index contributed by atoms with van der Waals surface area (Å²) >= 11 is 0. The molecule has 0 aliphatic rings. The number of unbranched alkanes of at least 4 members (excludes halogenated alkanes) is 3. The number of rotatable bonds is 15. The molecule has 0 spiro atoms. The smallest absolute Gasteiger partial charge is 0.226 e. The minimum absolute atomic E-state index is 0. The van der Waals surface area contributed by atoms with Crippen molar-refractivity contribution in [2.24, 2.45) is 0 Å². The van der Waals surface area contributed by atoms with Gasteiger partial charge in [0.15, 0.2) is 17.2 Å². The van der Waals surface area contributed by atoms with Gasteiger partial charge in [0.25, 0.3) is 0 Å². The van der Waals surface area contributed by atoms with E-state index in [1.54, 1.807) is 0 Å². The number of hydrogen-bond donors (Lipinski definition) is 3. The van der Waals surface area contributed by atoms with Crippen LogP contribution in [-0.4, -0.2) is 54.9 Å². The normalized spacial score (nSPS) is 10.1. The van der Waals surface area contributed by atoms with Crippen LogP contribution in [0.4, 0.5) is 0 Å². The SMILES string of the molecule is CCCCOCc1cc(=O)c(O)co1.CCCCOCc1cc(=O)c(O)co1.CCCCOCc1cc(=O)c(O)co1.[Ga].